The summed E-state index contributed by atoms with van der Waals surface area (Å²) in [6, 6.07) is 4.57. The molecule has 0 saturated heterocycles. The van der Waals surface area contributed by atoms with Crippen LogP contribution in [0.2, 0.25) is 5.02 Å². The highest BCUT2D eigenvalue weighted by atomic mass is 35.5. The van der Waals surface area contributed by atoms with E-state index in [2.05, 4.69) is 5.32 Å². The van der Waals surface area contributed by atoms with Crippen molar-refractivity contribution in [3.63, 3.8) is 0 Å². The Kier molecular flexibility index (Phi) is 4.98. The van der Waals surface area contributed by atoms with Gasteiger partial charge in [0.15, 0.2) is 0 Å². The second-order valence-electron chi connectivity index (χ2n) is 5.03. The van der Waals surface area contributed by atoms with Crippen molar-refractivity contribution in [2.75, 3.05) is 13.1 Å². The van der Waals surface area contributed by atoms with Gasteiger partial charge in [0.25, 0.3) is 0 Å². The van der Waals surface area contributed by atoms with E-state index in [0.29, 0.717) is 11.6 Å². The van der Waals surface area contributed by atoms with Crippen LogP contribution in [0.5, 0.6) is 0 Å². The molecule has 18 heavy (non-hydrogen) atoms. The number of nitrogens with one attached hydrogen (secondary N) is 1. The van der Waals surface area contributed by atoms with Gasteiger partial charge >= 0.3 is 0 Å². The van der Waals surface area contributed by atoms with Gasteiger partial charge in [-0.2, -0.15) is 0 Å². The van der Waals surface area contributed by atoms with Gasteiger partial charge in [0.1, 0.15) is 5.82 Å². The van der Waals surface area contributed by atoms with Crippen LogP contribution in [0.4, 0.5) is 4.39 Å². The third-order valence-corrected chi connectivity index (χ3v) is 3.91. The Morgan fingerprint density at radius 2 is 2.17 bits per heavy atom. The summed E-state index contributed by atoms with van der Waals surface area (Å²) < 4.78 is 13.3. The molecule has 1 saturated carbocycles. The first-order chi connectivity index (χ1) is 8.69. The first-order valence-electron chi connectivity index (χ1n) is 6.58. The lowest BCUT2D eigenvalue weighted by Crippen LogP contribution is -2.30. The van der Waals surface area contributed by atoms with E-state index in [0.717, 1.165) is 18.0 Å². The molecule has 1 aliphatic rings. The van der Waals surface area contributed by atoms with Gasteiger partial charge in [-0.05, 0) is 42.6 Å². The molecular weight excluding hydrogens is 251 g/mol. The molecule has 1 fully saturated rings. The van der Waals surface area contributed by atoms with E-state index >= 15 is 0 Å². The smallest absolute Gasteiger partial charge is 0.125 e. The molecule has 0 spiro atoms. The second-order valence-corrected chi connectivity index (χ2v) is 5.47. The molecule has 0 bridgehead atoms. The van der Waals surface area contributed by atoms with E-state index < -0.39 is 0 Å². The summed E-state index contributed by atoms with van der Waals surface area (Å²) in [7, 11) is 0. The van der Waals surface area contributed by atoms with E-state index in [1.54, 1.807) is 6.07 Å². The van der Waals surface area contributed by atoms with Gasteiger partial charge in [-0.25, -0.2) is 4.39 Å². The predicted molar refractivity (Wildman–Crippen MR) is 73.2 cm³/mol. The Morgan fingerprint density at radius 1 is 1.39 bits per heavy atom. The molecule has 2 rings (SSSR count). The maximum absolute atomic E-state index is 13.3. The monoisotopic (exact) mass is 270 g/mol. The molecular formula is C14H20ClFN2. The molecule has 100 valence electrons. The van der Waals surface area contributed by atoms with Gasteiger partial charge in [-0.1, -0.05) is 30.9 Å². The van der Waals surface area contributed by atoms with Crippen LogP contribution in [0.25, 0.3) is 0 Å². The molecule has 4 heteroatoms. The molecule has 2 nitrogen and oxygen atoms in total. The van der Waals surface area contributed by atoms with Crippen molar-refractivity contribution in [3.05, 3.63) is 34.6 Å². The number of nitrogens with two attached hydrogens (primary N) is 1. The molecule has 0 heterocycles. The van der Waals surface area contributed by atoms with Crippen molar-refractivity contribution in [1.82, 2.24) is 5.32 Å². The van der Waals surface area contributed by atoms with Crippen LogP contribution in [0.15, 0.2) is 18.2 Å². The second kappa shape index (κ2) is 6.50. The van der Waals surface area contributed by atoms with Crippen molar-refractivity contribution in [1.29, 1.82) is 0 Å². The largest absolute Gasteiger partial charge is 0.329 e. The zero-order valence-corrected chi connectivity index (χ0v) is 11.2. The highest BCUT2D eigenvalue weighted by Gasteiger charge is 2.17. The number of rotatable bonds is 6. The normalized spacial score (nSPS) is 17.5. The zero-order valence-electron chi connectivity index (χ0n) is 10.5. The minimum absolute atomic E-state index is 0.0155. The Bertz CT molecular complexity index is 373. The minimum atomic E-state index is -0.309. The van der Waals surface area contributed by atoms with Gasteiger partial charge in [-0.15, -0.1) is 0 Å². The number of hydrogen-bond acceptors (Lipinski definition) is 2. The van der Waals surface area contributed by atoms with E-state index in [-0.39, 0.29) is 11.9 Å². The molecule has 1 unspecified atom stereocenters. The molecule has 0 amide bonds. The van der Waals surface area contributed by atoms with E-state index in [1.807, 2.05) is 0 Å². The zero-order chi connectivity index (χ0) is 13.0. The summed E-state index contributed by atoms with van der Waals surface area (Å²) in [4.78, 5) is 0. The molecule has 3 N–H and O–H groups in total. The third-order valence-electron chi connectivity index (χ3n) is 3.69. The Labute approximate surface area is 113 Å². The van der Waals surface area contributed by atoms with Crippen LogP contribution in [-0.2, 0) is 0 Å². The van der Waals surface area contributed by atoms with Crippen molar-refractivity contribution in [3.8, 4) is 0 Å². The van der Waals surface area contributed by atoms with Gasteiger partial charge in [-0.3, -0.25) is 0 Å². The van der Waals surface area contributed by atoms with Crippen molar-refractivity contribution >= 4 is 11.6 Å². The lowest BCUT2D eigenvalue weighted by atomic mass is 9.83. The van der Waals surface area contributed by atoms with Gasteiger partial charge in [0.2, 0.25) is 0 Å². The molecule has 0 aromatic heterocycles. The molecule has 1 aromatic rings. The predicted octanol–water partition coefficient (Wildman–Crippen LogP) is 3.26. The van der Waals surface area contributed by atoms with Crippen LogP contribution in [0.3, 0.4) is 0 Å². The molecule has 0 radical (unpaired) electrons. The minimum Gasteiger partial charge on any atom is -0.329 e. The van der Waals surface area contributed by atoms with Crippen molar-refractivity contribution in [2.24, 2.45) is 11.7 Å². The molecule has 1 atom stereocenters. The van der Waals surface area contributed by atoms with E-state index in [9.17, 15) is 4.39 Å². The lowest BCUT2D eigenvalue weighted by Gasteiger charge is -2.26. The van der Waals surface area contributed by atoms with Crippen LogP contribution in [0.1, 0.15) is 37.3 Å². The van der Waals surface area contributed by atoms with Crippen molar-refractivity contribution < 1.29 is 4.39 Å². The van der Waals surface area contributed by atoms with Crippen LogP contribution < -0.4 is 11.1 Å². The SMILES string of the molecule is NCC(NCCC1CCC1)c1cc(F)cc(Cl)c1. The Morgan fingerprint density at radius 3 is 2.72 bits per heavy atom. The quantitative estimate of drug-likeness (QED) is 0.833. The first kappa shape index (κ1) is 13.8. The summed E-state index contributed by atoms with van der Waals surface area (Å²) in [6.07, 6.45) is 5.24. The molecule has 1 aliphatic carbocycles. The Hall–Kier alpha value is -0.640. The summed E-state index contributed by atoms with van der Waals surface area (Å²) in [5.41, 5.74) is 6.57. The highest BCUT2D eigenvalue weighted by molar-refractivity contribution is 6.30. The first-order valence-corrected chi connectivity index (χ1v) is 6.96. The fraction of sp³-hybridized carbons (Fsp3) is 0.571. The third kappa shape index (κ3) is 3.67. The fourth-order valence-electron chi connectivity index (χ4n) is 2.36. The number of halogens is 2. The van der Waals surface area contributed by atoms with Crippen molar-refractivity contribution in [2.45, 2.75) is 31.7 Å². The van der Waals surface area contributed by atoms with Crippen LogP contribution in [0, 0.1) is 11.7 Å². The molecule has 0 aliphatic heterocycles. The fourth-order valence-corrected chi connectivity index (χ4v) is 2.59. The summed E-state index contributed by atoms with van der Waals surface area (Å²) in [5.74, 6) is 0.559. The van der Waals surface area contributed by atoms with E-state index in [1.165, 1.54) is 37.8 Å². The highest BCUT2D eigenvalue weighted by Crippen LogP contribution is 2.29. The Balaban J connectivity index is 1.89. The van der Waals surface area contributed by atoms with Gasteiger partial charge in [0, 0.05) is 17.6 Å². The number of benzene rings is 1. The number of hydrogen-bond donors (Lipinski definition) is 2. The average molecular weight is 271 g/mol. The van der Waals surface area contributed by atoms with E-state index in [4.69, 9.17) is 17.3 Å². The summed E-state index contributed by atoms with van der Waals surface area (Å²) in [6.45, 7) is 1.38. The molecule has 1 aromatic carbocycles. The maximum atomic E-state index is 13.3. The standard InChI is InChI=1S/C14H20ClFN2/c15-12-6-11(7-13(16)8-12)14(9-17)18-5-4-10-2-1-3-10/h6-8,10,14,18H,1-5,9,17H2. The van der Waals surface area contributed by atoms with Gasteiger partial charge < -0.3 is 11.1 Å². The van der Waals surface area contributed by atoms with Gasteiger partial charge in [0.05, 0.1) is 0 Å². The maximum Gasteiger partial charge on any atom is 0.125 e. The van der Waals surface area contributed by atoms with Crippen LogP contribution >= 0.6 is 11.6 Å². The summed E-state index contributed by atoms with van der Waals surface area (Å²) >= 11 is 5.86. The topological polar surface area (TPSA) is 38.0 Å². The average Bonchev–Trinajstić information content (AvgIpc) is 2.25. The summed E-state index contributed by atoms with van der Waals surface area (Å²) in [5, 5.41) is 3.81. The lowest BCUT2D eigenvalue weighted by molar-refractivity contribution is 0.288. The van der Waals surface area contributed by atoms with Crippen LogP contribution in [-0.4, -0.2) is 13.1 Å².